The number of carboxylic acids is 1. The number of tetrazole rings is 1. The topological polar surface area (TPSA) is 110 Å². The number of amides is 1. The van der Waals surface area contributed by atoms with Crippen molar-refractivity contribution in [2.24, 2.45) is 0 Å². The van der Waals surface area contributed by atoms with Crippen molar-refractivity contribution >= 4 is 52.5 Å². The van der Waals surface area contributed by atoms with E-state index in [1.165, 1.54) is 16.4 Å². The average molecular weight is 599 g/mol. The normalized spacial score (nSPS) is 11.9. The van der Waals surface area contributed by atoms with Crippen LogP contribution in [0.15, 0.2) is 65.8 Å². The first-order chi connectivity index (χ1) is 18.8. The number of rotatable bonds is 8. The molecule has 11 heteroatoms. The van der Waals surface area contributed by atoms with E-state index in [4.69, 9.17) is 23.2 Å². The molecule has 208 valence electrons. The van der Waals surface area contributed by atoms with E-state index in [1.807, 2.05) is 36.4 Å². The summed E-state index contributed by atoms with van der Waals surface area (Å²) in [5.74, 6) is -1.11. The SMILES string of the molecule is CC(C)(C)c1ccc(-n2nnnc2SCC(=O)Nc2ccc(-c3ccc(C(C)(C)C(=O)O)cc3)cc2Cl)c(Cl)c1. The molecule has 4 aromatic rings. The first-order valence-corrected chi connectivity index (χ1v) is 14.2. The summed E-state index contributed by atoms with van der Waals surface area (Å²) in [7, 11) is 0. The lowest BCUT2D eigenvalue weighted by atomic mass is 9.84. The van der Waals surface area contributed by atoms with E-state index in [0.29, 0.717) is 32.1 Å². The fourth-order valence-electron chi connectivity index (χ4n) is 3.88. The summed E-state index contributed by atoms with van der Waals surface area (Å²) in [6, 6.07) is 18.4. The van der Waals surface area contributed by atoms with Crippen LogP contribution in [0.5, 0.6) is 0 Å². The fourth-order valence-corrected chi connectivity index (χ4v) is 5.05. The van der Waals surface area contributed by atoms with Crippen LogP contribution < -0.4 is 5.32 Å². The van der Waals surface area contributed by atoms with Gasteiger partial charge in [0, 0.05) is 0 Å². The van der Waals surface area contributed by atoms with Gasteiger partial charge in [0.1, 0.15) is 0 Å². The summed E-state index contributed by atoms with van der Waals surface area (Å²) in [6.45, 7) is 9.65. The Morgan fingerprint density at radius 1 is 0.900 bits per heavy atom. The lowest BCUT2D eigenvalue weighted by molar-refractivity contribution is -0.142. The zero-order valence-electron chi connectivity index (χ0n) is 22.7. The molecule has 1 aromatic heterocycles. The van der Waals surface area contributed by atoms with E-state index < -0.39 is 11.4 Å². The smallest absolute Gasteiger partial charge is 0.313 e. The van der Waals surface area contributed by atoms with Gasteiger partial charge in [0.25, 0.3) is 0 Å². The number of anilines is 1. The molecule has 4 rings (SSSR count). The maximum Gasteiger partial charge on any atom is 0.313 e. The number of nitrogens with one attached hydrogen (secondary N) is 1. The van der Waals surface area contributed by atoms with E-state index in [1.54, 1.807) is 38.1 Å². The van der Waals surface area contributed by atoms with Crippen LogP contribution in [-0.2, 0) is 20.4 Å². The molecule has 0 bridgehead atoms. The standard InChI is InChI=1S/C29H29Cl2N5O3S/c1-28(2,3)20-11-13-24(22(31)15-20)36-27(33-34-35-36)40-16-25(37)32-23-12-8-18(14-21(23)30)17-6-9-19(10-7-17)29(4,5)26(38)39/h6-15H,16H2,1-5H3,(H,32,37)(H,38,39). The number of thioether (sulfide) groups is 1. The minimum atomic E-state index is -0.991. The van der Waals surface area contributed by atoms with Gasteiger partial charge >= 0.3 is 5.97 Å². The molecule has 0 aliphatic carbocycles. The lowest BCUT2D eigenvalue weighted by Gasteiger charge is -2.20. The minimum Gasteiger partial charge on any atom is -0.481 e. The highest BCUT2D eigenvalue weighted by Crippen LogP contribution is 2.32. The second-order valence-corrected chi connectivity index (χ2v) is 12.6. The zero-order valence-corrected chi connectivity index (χ0v) is 25.0. The fraction of sp³-hybridized carbons (Fsp3) is 0.276. The maximum absolute atomic E-state index is 12.7. The number of hydrogen-bond acceptors (Lipinski definition) is 6. The van der Waals surface area contributed by atoms with Gasteiger partial charge in [0.15, 0.2) is 0 Å². The molecule has 0 aliphatic rings. The molecule has 40 heavy (non-hydrogen) atoms. The number of carbonyl (C=O) groups is 2. The largest absolute Gasteiger partial charge is 0.481 e. The summed E-state index contributed by atoms with van der Waals surface area (Å²) in [4.78, 5) is 24.3. The van der Waals surface area contributed by atoms with Crippen molar-refractivity contribution < 1.29 is 14.7 Å². The lowest BCUT2D eigenvalue weighted by Crippen LogP contribution is -2.28. The van der Waals surface area contributed by atoms with Crippen LogP contribution in [-0.4, -0.2) is 42.9 Å². The van der Waals surface area contributed by atoms with Crippen LogP contribution in [0.3, 0.4) is 0 Å². The summed E-state index contributed by atoms with van der Waals surface area (Å²) in [6.07, 6.45) is 0. The Kier molecular flexibility index (Phi) is 8.58. The highest BCUT2D eigenvalue weighted by Gasteiger charge is 2.29. The molecule has 1 amide bonds. The van der Waals surface area contributed by atoms with Crippen molar-refractivity contribution in [1.82, 2.24) is 20.2 Å². The minimum absolute atomic E-state index is 0.0526. The third-order valence-corrected chi connectivity index (χ3v) is 8.07. The monoisotopic (exact) mass is 597 g/mol. The second kappa shape index (κ2) is 11.6. The molecule has 0 saturated heterocycles. The van der Waals surface area contributed by atoms with Crippen molar-refractivity contribution in [2.75, 3.05) is 11.1 Å². The number of carbonyl (C=O) groups excluding carboxylic acids is 1. The van der Waals surface area contributed by atoms with Gasteiger partial charge in [-0.2, -0.15) is 4.68 Å². The van der Waals surface area contributed by atoms with Crippen LogP contribution in [0.2, 0.25) is 10.0 Å². The maximum atomic E-state index is 12.7. The third kappa shape index (κ3) is 6.49. The van der Waals surface area contributed by atoms with E-state index in [9.17, 15) is 14.7 Å². The Morgan fingerprint density at radius 2 is 1.55 bits per heavy atom. The summed E-state index contributed by atoms with van der Waals surface area (Å²) >= 11 is 14.2. The molecule has 0 spiro atoms. The Morgan fingerprint density at radius 3 is 2.15 bits per heavy atom. The molecule has 0 aliphatic heterocycles. The molecule has 1 heterocycles. The van der Waals surface area contributed by atoms with Gasteiger partial charge in [-0.3, -0.25) is 9.59 Å². The van der Waals surface area contributed by atoms with E-state index in [-0.39, 0.29) is 17.1 Å². The summed E-state index contributed by atoms with van der Waals surface area (Å²) < 4.78 is 1.51. The van der Waals surface area contributed by atoms with E-state index >= 15 is 0 Å². The molecule has 0 unspecified atom stereocenters. The Hall–Kier alpha value is -3.40. The molecule has 0 radical (unpaired) electrons. The quantitative estimate of drug-likeness (QED) is 0.210. The molecule has 0 atom stereocenters. The van der Waals surface area contributed by atoms with Crippen LogP contribution in [0.1, 0.15) is 45.7 Å². The number of carboxylic acid groups (broad SMARTS) is 1. The third-order valence-electron chi connectivity index (χ3n) is 6.53. The van der Waals surface area contributed by atoms with Crippen molar-refractivity contribution in [3.63, 3.8) is 0 Å². The molecular formula is C29H29Cl2N5O3S. The second-order valence-electron chi connectivity index (χ2n) is 10.8. The van der Waals surface area contributed by atoms with Gasteiger partial charge in [-0.1, -0.05) is 92.1 Å². The first kappa shape index (κ1) is 29.6. The highest BCUT2D eigenvalue weighted by atomic mass is 35.5. The van der Waals surface area contributed by atoms with Gasteiger partial charge < -0.3 is 10.4 Å². The predicted octanol–water partition coefficient (Wildman–Crippen LogP) is 7.03. The van der Waals surface area contributed by atoms with Crippen LogP contribution in [0.25, 0.3) is 16.8 Å². The number of hydrogen-bond donors (Lipinski definition) is 2. The average Bonchev–Trinajstić information content (AvgIpc) is 3.36. The Bertz CT molecular complexity index is 1560. The number of halogens is 2. The van der Waals surface area contributed by atoms with Gasteiger partial charge in [-0.15, -0.1) is 5.10 Å². The van der Waals surface area contributed by atoms with Crippen LogP contribution in [0, 0.1) is 0 Å². The number of benzene rings is 3. The summed E-state index contributed by atoms with van der Waals surface area (Å²) in [5, 5.41) is 25.4. The van der Waals surface area contributed by atoms with Crippen molar-refractivity contribution in [2.45, 2.75) is 50.6 Å². The predicted molar refractivity (Wildman–Crippen MR) is 160 cm³/mol. The Balaban J connectivity index is 1.41. The number of aromatic nitrogens is 4. The Labute approximate surface area is 247 Å². The number of nitrogens with zero attached hydrogens (tertiary/aromatic N) is 4. The molecule has 0 fully saturated rings. The van der Waals surface area contributed by atoms with E-state index in [0.717, 1.165) is 16.7 Å². The molecule has 2 N–H and O–H groups in total. The van der Waals surface area contributed by atoms with Crippen LogP contribution in [0.4, 0.5) is 5.69 Å². The van der Waals surface area contributed by atoms with Gasteiger partial charge in [0.05, 0.1) is 32.6 Å². The van der Waals surface area contributed by atoms with Crippen LogP contribution >= 0.6 is 35.0 Å². The molecule has 8 nitrogen and oxygen atoms in total. The molecular weight excluding hydrogens is 569 g/mol. The summed E-state index contributed by atoms with van der Waals surface area (Å²) in [5.41, 5.74) is 3.56. The van der Waals surface area contributed by atoms with E-state index in [2.05, 4.69) is 41.6 Å². The van der Waals surface area contributed by atoms with Crippen molar-refractivity contribution in [3.8, 4) is 16.8 Å². The van der Waals surface area contributed by atoms with Gasteiger partial charge in [0.2, 0.25) is 11.1 Å². The molecule has 3 aromatic carbocycles. The highest BCUT2D eigenvalue weighted by molar-refractivity contribution is 7.99. The van der Waals surface area contributed by atoms with Gasteiger partial charge in [-0.05, 0) is 76.2 Å². The van der Waals surface area contributed by atoms with Crippen molar-refractivity contribution in [1.29, 1.82) is 0 Å². The van der Waals surface area contributed by atoms with Crippen molar-refractivity contribution in [3.05, 3.63) is 81.8 Å². The zero-order chi connectivity index (χ0) is 29.2. The molecule has 0 saturated carbocycles. The number of aliphatic carboxylic acids is 1. The van der Waals surface area contributed by atoms with Gasteiger partial charge in [-0.25, -0.2) is 0 Å². The first-order valence-electron chi connectivity index (χ1n) is 12.4.